The Morgan fingerprint density at radius 1 is 1.00 bits per heavy atom. The summed E-state index contributed by atoms with van der Waals surface area (Å²) in [7, 11) is 1.64. The SMILES string of the molecule is COc1ccc(Nc2ncn(-c3ccccc3)n2)cc1. The summed E-state index contributed by atoms with van der Waals surface area (Å²) >= 11 is 0. The van der Waals surface area contributed by atoms with Gasteiger partial charge in [0.2, 0.25) is 5.95 Å². The van der Waals surface area contributed by atoms with Crippen LogP contribution in [0.2, 0.25) is 0 Å². The second-order valence-electron chi connectivity index (χ2n) is 4.20. The molecule has 0 saturated heterocycles. The number of nitrogens with zero attached hydrogens (tertiary/aromatic N) is 3. The molecule has 100 valence electrons. The van der Waals surface area contributed by atoms with Gasteiger partial charge in [-0.1, -0.05) is 18.2 Å². The number of para-hydroxylation sites is 1. The molecule has 0 aliphatic rings. The largest absolute Gasteiger partial charge is 0.497 e. The van der Waals surface area contributed by atoms with E-state index in [4.69, 9.17) is 4.74 Å². The van der Waals surface area contributed by atoms with Crippen LogP contribution in [0.5, 0.6) is 5.75 Å². The smallest absolute Gasteiger partial charge is 0.246 e. The summed E-state index contributed by atoms with van der Waals surface area (Å²) in [5, 5.41) is 7.53. The third-order valence-corrected chi connectivity index (χ3v) is 2.86. The van der Waals surface area contributed by atoms with Gasteiger partial charge in [0, 0.05) is 5.69 Å². The molecule has 0 saturated carbocycles. The number of benzene rings is 2. The molecule has 1 heterocycles. The van der Waals surface area contributed by atoms with Crippen molar-refractivity contribution in [3.63, 3.8) is 0 Å². The molecule has 0 spiro atoms. The van der Waals surface area contributed by atoms with Gasteiger partial charge in [-0.3, -0.25) is 0 Å². The molecule has 3 aromatic rings. The highest BCUT2D eigenvalue weighted by molar-refractivity contribution is 5.54. The van der Waals surface area contributed by atoms with Crippen LogP contribution < -0.4 is 10.1 Å². The minimum Gasteiger partial charge on any atom is -0.497 e. The number of hydrogen-bond donors (Lipinski definition) is 1. The van der Waals surface area contributed by atoms with Crippen LogP contribution in [0.1, 0.15) is 0 Å². The van der Waals surface area contributed by atoms with E-state index in [0.29, 0.717) is 5.95 Å². The number of rotatable bonds is 4. The fraction of sp³-hybridized carbons (Fsp3) is 0.0667. The first-order chi connectivity index (χ1) is 9.85. The van der Waals surface area contributed by atoms with Gasteiger partial charge in [0.15, 0.2) is 0 Å². The summed E-state index contributed by atoms with van der Waals surface area (Å²) in [5.41, 5.74) is 1.89. The molecule has 0 bridgehead atoms. The highest BCUT2D eigenvalue weighted by Gasteiger charge is 2.02. The maximum atomic E-state index is 5.12. The van der Waals surface area contributed by atoms with E-state index in [1.165, 1.54) is 0 Å². The first-order valence-corrected chi connectivity index (χ1v) is 6.23. The van der Waals surface area contributed by atoms with Crippen LogP contribution in [0.25, 0.3) is 5.69 Å². The molecule has 1 aromatic heterocycles. The number of aromatic nitrogens is 3. The van der Waals surface area contributed by atoms with E-state index in [2.05, 4.69) is 15.4 Å². The molecule has 0 amide bonds. The van der Waals surface area contributed by atoms with Gasteiger partial charge in [0.25, 0.3) is 0 Å². The van der Waals surface area contributed by atoms with Gasteiger partial charge in [-0.25, -0.2) is 4.68 Å². The molecule has 1 N–H and O–H groups in total. The first-order valence-electron chi connectivity index (χ1n) is 6.23. The Morgan fingerprint density at radius 3 is 2.45 bits per heavy atom. The van der Waals surface area contributed by atoms with Crippen molar-refractivity contribution >= 4 is 11.6 Å². The van der Waals surface area contributed by atoms with Crippen LogP contribution in [0.3, 0.4) is 0 Å². The summed E-state index contributed by atoms with van der Waals surface area (Å²) in [6.45, 7) is 0. The number of methoxy groups -OCH3 is 1. The lowest BCUT2D eigenvalue weighted by atomic mass is 10.3. The van der Waals surface area contributed by atoms with Crippen molar-refractivity contribution in [2.24, 2.45) is 0 Å². The van der Waals surface area contributed by atoms with Crippen molar-refractivity contribution in [2.45, 2.75) is 0 Å². The highest BCUT2D eigenvalue weighted by Crippen LogP contribution is 2.18. The average molecular weight is 266 g/mol. The van der Waals surface area contributed by atoms with Gasteiger partial charge in [-0.15, -0.1) is 5.10 Å². The summed E-state index contributed by atoms with van der Waals surface area (Å²) in [6, 6.07) is 17.5. The Bertz CT molecular complexity index is 677. The lowest BCUT2D eigenvalue weighted by Crippen LogP contribution is -1.96. The number of ether oxygens (including phenoxy) is 1. The average Bonchev–Trinajstić information content (AvgIpc) is 2.97. The maximum Gasteiger partial charge on any atom is 0.246 e. The van der Waals surface area contributed by atoms with Crippen molar-refractivity contribution < 1.29 is 4.74 Å². The molecule has 5 heteroatoms. The quantitative estimate of drug-likeness (QED) is 0.788. The van der Waals surface area contributed by atoms with E-state index in [1.54, 1.807) is 18.1 Å². The third-order valence-electron chi connectivity index (χ3n) is 2.86. The monoisotopic (exact) mass is 266 g/mol. The molecule has 0 unspecified atom stereocenters. The second kappa shape index (κ2) is 5.44. The Balaban J connectivity index is 1.77. The molecule has 2 aromatic carbocycles. The van der Waals surface area contributed by atoms with E-state index in [9.17, 15) is 0 Å². The molecule has 0 radical (unpaired) electrons. The van der Waals surface area contributed by atoms with E-state index >= 15 is 0 Å². The predicted octanol–water partition coefficient (Wildman–Crippen LogP) is 3.02. The Kier molecular flexibility index (Phi) is 3.33. The number of anilines is 2. The Morgan fingerprint density at radius 2 is 1.75 bits per heavy atom. The molecule has 3 rings (SSSR count). The minimum atomic E-state index is 0.555. The fourth-order valence-corrected chi connectivity index (χ4v) is 1.83. The summed E-state index contributed by atoms with van der Waals surface area (Å²) in [5.74, 6) is 1.37. The van der Waals surface area contributed by atoms with Gasteiger partial charge in [0.05, 0.1) is 12.8 Å². The predicted molar refractivity (Wildman–Crippen MR) is 77.6 cm³/mol. The van der Waals surface area contributed by atoms with E-state index in [1.807, 2.05) is 54.6 Å². The van der Waals surface area contributed by atoms with E-state index in [0.717, 1.165) is 17.1 Å². The molecule has 0 atom stereocenters. The Labute approximate surface area is 116 Å². The lowest BCUT2D eigenvalue weighted by molar-refractivity contribution is 0.415. The summed E-state index contributed by atoms with van der Waals surface area (Å²) in [6.07, 6.45) is 1.68. The first kappa shape index (κ1) is 12.2. The summed E-state index contributed by atoms with van der Waals surface area (Å²) in [4.78, 5) is 4.24. The zero-order valence-electron chi connectivity index (χ0n) is 11.0. The van der Waals surface area contributed by atoms with Gasteiger partial charge in [-0.05, 0) is 36.4 Å². The fourth-order valence-electron chi connectivity index (χ4n) is 1.83. The maximum absolute atomic E-state index is 5.12. The molecule has 20 heavy (non-hydrogen) atoms. The van der Waals surface area contributed by atoms with Gasteiger partial charge < -0.3 is 10.1 Å². The van der Waals surface area contributed by atoms with Crippen molar-refractivity contribution in [3.05, 3.63) is 60.9 Å². The zero-order valence-corrected chi connectivity index (χ0v) is 11.0. The van der Waals surface area contributed by atoms with Crippen LogP contribution in [-0.4, -0.2) is 21.9 Å². The highest BCUT2D eigenvalue weighted by atomic mass is 16.5. The van der Waals surface area contributed by atoms with Crippen LogP contribution in [0, 0.1) is 0 Å². The summed E-state index contributed by atoms with van der Waals surface area (Å²) < 4.78 is 6.85. The minimum absolute atomic E-state index is 0.555. The zero-order chi connectivity index (χ0) is 13.8. The molecule has 5 nitrogen and oxygen atoms in total. The standard InChI is InChI=1S/C15H14N4O/c1-20-14-9-7-12(8-10-14)17-15-16-11-19(18-15)13-5-3-2-4-6-13/h2-11H,1H3,(H,17,18). The molecular formula is C15H14N4O. The van der Waals surface area contributed by atoms with Crippen molar-refractivity contribution in [2.75, 3.05) is 12.4 Å². The third kappa shape index (κ3) is 2.61. The van der Waals surface area contributed by atoms with Crippen LogP contribution in [-0.2, 0) is 0 Å². The van der Waals surface area contributed by atoms with Crippen LogP contribution >= 0.6 is 0 Å². The Hall–Kier alpha value is -2.82. The van der Waals surface area contributed by atoms with Crippen LogP contribution in [0.15, 0.2) is 60.9 Å². The van der Waals surface area contributed by atoms with Crippen molar-refractivity contribution in [3.8, 4) is 11.4 Å². The molecule has 0 aliphatic heterocycles. The van der Waals surface area contributed by atoms with Gasteiger partial charge >= 0.3 is 0 Å². The normalized spacial score (nSPS) is 10.2. The van der Waals surface area contributed by atoms with Gasteiger partial charge in [-0.2, -0.15) is 4.98 Å². The second-order valence-corrected chi connectivity index (χ2v) is 4.20. The van der Waals surface area contributed by atoms with Crippen molar-refractivity contribution in [1.29, 1.82) is 0 Å². The van der Waals surface area contributed by atoms with E-state index < -0.39 is 0 Å². The molecule has 0 aliphatic carbocycles. The topological polar surface area (TPSA) is 52.0 Å². The molecule has 0 fully saturated rings. The number of hydrogen-bond acceptors (Lipinski definition) is 4. The van der Waals surface area contributed by atoms with Gasteiger partial charge in [0.1, 0.15) is 12.1 Å². The van der Waals surface area contributed by atoms with Crippen LogP contribution in [0.4, 0.5) is 11.6 Å². The molecular weight excluding hydrogens is 252 g/mol. The number of nitrogens with one attached hydrogen (secondary N) is 1. The van der Waals surface area contributed by atoms with Crippen molar-refractivity contribution in [1.82, 2.24) is 14.8 Å². The lowest BCUT2D eigenvalue weighted by Gasteiger charge is -2.03. The van der Waals surface area contributed by atoms with E-state index in [-0.39, 0.29) is 0 Å².